The number of hydrogen-bond donors (Lipinski definition) is 1. The van der Waals surface area contributed by atoms with E-state index in [0.717, 1.165) is 5.56 Å². The Kier molecular flexibility index (Phi) is 3.53. The second-order valence-electron chi connectivity index (χ2n) is 5.67. The molecule has 0 radical (unpaired) electrons. The molecule has 1 aliphatic rings. The Morgan fingerprint density at radius 1 is 1.00 bits per heavy atom. The first-order valence-electron chi connectivity index (χ1n) is 7.68. The summed E-state index contributed by atoms with van der Waals surface area (Å²) in [4.78, 5) is 17.3. The van der Waals surface area contributed by atoms with Crippen molar-refractivity contribution >= 4 is 23.1 Å². The van der Waals surface area contributed by atoms with Crippen LogP contribution in [0.4, 0.5) is 11.6 Å². The number of carbonyl (C=O) groups is 1. The van der Waals surface area contributed by atoms with Crippen molar-refractivity contribution in [1.29, 1.82) is 0 Å². The molecule has 25 heavy (non-hydrogen) atoms. The third-order valence-corrected chi connectivity index (χ3v) is 3.71. The zero-order valence-electron chi connectivity index (χ0n) is 13.6. The largest absolute Gasteiger partial charge is 0.360 e. The molecule has 0 atom stereocenters. The molecule has 1 N–H and O–H groups in total. The molecule has 2 aromatic heterocycles. The molecule has 3 aromatic rings. The van der Waals surface area contributed by atoms with Gasteiger partial charge in [-0.25, -0.2) is 4.99 Å². The van der Waals surface area contributed by atoms with E-state index in [-0.39, 0.29) is 5.78 Å². The van der Waals surface area contributed by atoms with E-state index in [9.17, 15) is 4.79 Å². The van der Waals surface area contributed by atoms with Gasteiger partial charge in [0.25, 0.3) is 0 Å². The number of allylic oxidation sites excluding steroid dienone is 2. The Hall–Kier alpha value is -3.48. The van der Waals surface area contributed by atoms with Gasteiger partial charge >= 0.3 is 0 Å². The van der Waals surface area contributed by atoms with Crippen molar-refractivity contribution in [3.05, 3.63) is 70.8 Å². The Morgan fingerprint density at radius 2 is 1.72 bits per heavy atom. The molecule has 0 bridgehead atoms. The fraction of sp³-hybridized carbons (Fsp3) is 0.111. The van der Waals surface area contributed by atoms with Gasteiger partial charge in [0.05, 0.1) is 11.4 Å². The minimum Gasteiger partial charge on any atom is -0.360 e. The Bertz CT molecular complexity index is 1030. The molecule has 124 valence electrons. The van der Waals surface area contributed by atoms with E-state index in [1.807, 2.05) is 18.2 Å². The lowest BCUT2D eigenvalue weighted by Gasteiger charge is -2.17. The van der Waals surface area contributed by atoms with Crippen LogP contribution in [0.25, 0.3) is 0 Å². The van der Waals surface area contributed by atoms with Crippen molar-refractivity contribution in [2.75, 3.05) is 5.32 Å². The topological polar surface area (TPSA) is 93.5 Å². The van der Waals surface area contributed by atoms with Gasteiger partial charge in [0, 0.05) is 23.3 Å². The molecule has 2 heterocycles. The van der Waals surface area contributed by atoms with Crippen LogP contribution in [0, 0.1) is 13.8 Å². The third-order valence-electron chi connectivity index (χ3n) is 3.71. The summed E-state index contributed by atoms with van der Waals surface area (Å²) in [5.74, 6) is 2.10. The lowest BCUT2D eigenvalue weighted by Crippen LogP contribution is -2.22. The second kappa shape index (κ2) is 5.86. The van der Waals surface area contributed by atoms with Crippen LogP contribution < -0.4 is 5.32 Å². The lowest BCUT2D eigenvalue weighted by molar-refractivity contribution is 0.103. The average molecular weight is 334 g/mol. The van der Waals surface area contributed by atoms with Gasteiger partial charge in [0.15, 0.2) is 11.6 Å². The molecule has 0 fully saturated rings. The molecular formula is C18H14N4O3. The van der Waals surface area contributed by atoms with Gasteiger partial charge < -0.3 is 14.4 Å². The van der Waals surface area contributed by atoms with E-state index >= 15 is 0 Å². The second-order valence-corrected chi connectivity index (χ2v) is 5.67. The summed E-state index contributed by atoms with van der Waals surface area (Å²) in [5, 5.41) is 10.8. The predicted octanol–water partition coefficient (Wildman–Crippen LogP) is 3.59. The number of benzene rings is 1. The Labute approximate surface area is 143 Å². The summed E-state index contributed by atoms with van der Waals surface area (Å²) in [5.41, 5.74) is 2.29. The van der Waals surface area contributed by atoms with Crippen molar-refractivity contribution in [1.82, 2.24) is 10.3 Å². The van der Waals surface area contributed by atoms with Gasteiger partial charge in [-0.3, -0.25) is 4.79 Å². The minimum atomic E-state index is -0.133. The van der Waals surface area contributed by atoms with E-state index in [1.54, 1.807) is 38.1 Å². The van der Waals surface area contributed by atoms with Crippen LogP contribution in [0.1, 0.15) is 27.4 Å². The van der Waals surface area contributed by atoms with Crippen molar-refractivity contribution in [2.45, 2.75) is 13.8 Å². The molecule has 4 rings (SSSR count). The van der Waals surface area contributed by atoms with Gasteiger partial charge in [-0.2, -0.15) is 0 Å². The number of aromatic nitrogens is 2. The fourth-order valence-corrected chi connectivity index (χ4v) is 2.61. The van der Waals surface area contributed by atoms with E-state index in [2.05, 4.69) is 20.6 Å². The molecule has 0 saturated heterocycles. The number of ketones is 1. The number of aryl methyl sites for hydroxylation is 2. The maximum Gasteiger partial charge on any atom is 0.209 e. The number of fused-ring (bicyclic) bond motifs is 1. The number of rotatable bonds is 3. The summed E-state index contributed by atoms with van der Waals surface area (Å²) >= 11 is 0. The predicted molar refractivity (Wildman–Crippen MR) is 91.2 cm³/mol. The smallest absolute Gasteiger partial charge is 0.209 e. The number of nitrogens with one attached hydrogen (secondary N) is 1. The SMILES string of the molecule is Cc1cc(N=C2C=C(Nc3cc(C)on3)C(=O)c3ccccc32)no1. The van der Waals surface area contributed by atoms with Crippen LogP contribution in [0.5, 0.6) is 0 Å². The molecule has 0 unspecified atom stereocenters. The maximum absolute atomic E-state index is 12.8. The molecule has 1 aromatic carbocycles. The third kappa shape index (κ3) is 2.87. The van der Waals surface area contributed by atoms with Crippen LogP contribution in [-0.4, -0.2) is 21.8 Å². The number of carbonyl (C=O) groups excluding carboxylic acids is 1. The van der Waals surface area contributed by atoms with Gasteiger partial charge in [-0.1, -0.05) is 34.6 Å². The van der Waals surface area contributed by atoms with Crippen LogP contribution in [0.15, 0.2) is 62.2 Å². The summed E-state index contributed by atoms with van der Waals surface area (Å²) in [6.45, 7) is 3.58. The Morgan fingerprint density at radius 3 is 2.40 bits per heavy atom. The molecule has 0 amide bonds. The first-order valence-corrected chi connectivity index (χ1v) is 7.68. The molecule has 0 aliphatic heterocycles. The summed E-state index contributed by atoms with van der Waals surface area (Å²) < 4.78 is 10.1. The molecule has 7 heteroatoms. The summed E-state index contributed by atoms with van der Waals surface area (Å²) in [6, 6.07) is 10.7. The number of aliphatic imine (C=N–C) groups is 1. The number of hydrogen-bond acceptors (Lipinski definition) is 7. The highest BCUT2D eigenvalue weighted by Crippen LogP contribution is 2.25. The van der Waals surface area contributed by atoms with Gasteiger partial charge in [0.2, 0.25) is 5.78 Å². The highest BCUT2D eigenvalue weighted by Gasteiger charge is 2.25. The maximum atomic E-state index is 12.8. The normalized spacial score (nSPS) is 15.2. The van der Waals surface area contributed by atoms with E-state index in [4.69, 9.17) is 9.05 Å². The average Bonchev–Trinajstić information content (AvgIpc) is 3.20. The number of nitrogens with zero attached hydrogens (tertiary/aromatic N) is 3. The standard InChI is InChI=1S/C18H14N4O3/c1-10-7-16(21-24-10)19-14-9-15(20-17-8-11(2)25-22-17)18(23)13-6-4-3-5-12(13)14/h3-9H,1-2H3,(H,20,22). The summed E-state index contributed by atoms with van der Waals surface area (Å²) in [6.07, 6.45) is 1.68. The quantitative estimate of drug-likeness (QED) is 0.786. The van der Waals surface area contributed by atoms with Crippen LogP contribution in [0.3, 0.4) is 0 Å². The molecule has 0 spiro atoms. The molecule has 1 aliphatic carbocycles. The van der Waals surface area contributed by atoms with Crippen molar-refractivity contribution < 1.29 is 13.8 Å². The van der Waals surface area contributed by atoms with Crippen molar-refractivity contribution in [3.63, 3.8) is 0 Å². The monoisotopic (exact) mass is 334 g/mol. The van der Waals surface area contributed by atoms with E-state index in [1.165, 1.54) is 0 Å². The number of Topliss-reactive ketones (excluding diaryl/α,β-unsaturated/α-hetero) is 1. The summed E-state index contributed by atoms with van der Waals surface area (Å²) in [7, 11) is 0. The van der Waals surface area contributed by atoms with Crippen molar-refractivity contribution in [2.24, 2.45) is 4.99 Å². The van der Waals surface area contributed by atoms with Crippen LogP contribution in [0.2, 0.25) is 0 Å². The van der Waals surface area contributed by atoms with Crippen molar-refractivity contribution in [3.8, 4) is 0 Å². The lowest BCUT2D eigenvalue weighted by atomic mass is 9.92. The van der Waals surface area contributed by atoms with E-state index in [0.29, 0.717) is 40.1 Å². The molecular weight excluding hydrogens is 320 g/mol. The molecule has 7 nitrogen and oxygen atoms in total. The first kappa shape index (κ1) is 15.1. The first-order chi connectivity index (χ1) is 12.1. The van der Waals surface area contributed by atoms with Crippen LogP contribution >= 0.6 is 0 Å². The zero-order valence-corrected chi connectivity index (χ0v) is 13.6. The minimum absolute atomic E-state index is 0.133. The van der Waals surface area contributed by atoms with Gasteiger partial charge in [-0.05, 0) is 19.9 Å². The van der Waals surface area contributed by atoms with Gasteiger partial charge in [0.1, 0.15) is 11.5 Å². The Balaban J connectivity index is 1.79. The highest BCUT2D eigenvalue weighted by atomic mass is 16.5. The van der Waals surface area contributed by atoms with Crippen LogP contribution in [-0.2, 0) is 0 Å². The highest BCUT2D eigenvalue weighted by molar-refractivity contribution is 6.27. The number of anilines is 1. The zero-order chi connectivity index (χ0) is 17.4. The van der Waals surface area contributed by atoms with Gasteiger partial charge in [-0.15, -0.1) is 0 Å². The fourth-order valence-electron chi connectivity index (χ4n) is 2.61. The van der Waals surface area contributed by atoms with E-state index < -0.39 is 0 Å². The molecule has 0 saturated carbocycles.